The number of hydrogen-bond donors (Lipinski definition) is 2. The third-order valence-corrected chi connectivity index (χ3v) is 2.46. The Labute approximate surface area is 86.7 Å². The van der Waals surface area contributed by atoms with Crippen LogP contribution in [0.3, 0.4) is 0 Å². The molecule has 0 amide bonds. The van der Waals surface area contributed by atoms with Crippen LogP contribution in [0.5, 0.6) is 0 Å². The van der Waals surface area contributed by atoms with Crippen LogP contribution in [0.15, 0.2) is 12.3 Å². The van der Waals surface area contributed by atoms with Crippen LogP contribution in [0.1, 0.15) is 11.6 Å². The van der Waals surface area contributed by atoms with Crippen LogP contribution in [0, 0.1) is 5.95 Å². The van der Waals surface area contributed by atoms with Crippen LogP contribution in [-0.4, -0.2) is 24.6 Å². The fraction of sp³-hybridized carbons (Fsp3) is 0.444. The highest BCUT2D eigenvalue weighted by Gasteiger charge is 2.18. The Hall–Kier alpha value is -0.710. The summed E-state index contributed by atoms with van der Waals surface area (Å²) in [4.78, 5) is 3.59. The van der Waals surface area contributed by atoms with Crippen molar-refractivity contribution in [3.05, 3.63) is 28.8 Å². The molecule has 2 heterocycles. The van der Waals surface area contributed by atoms with E-state index >= 15 is 0 Å². The van der Waals surface area contributed by atoms with Crippen molar-refractivity contribution in [1.82, 2.24) is 15.6 Å². The zero-order chi connectivity index (χ0) is 9.97. The first-order valence-corrected chi connectivity index (χ1v) is 4.90. The maximum absolute atomic E-state index is 13.3. The summed E-state index contributed by atoms with van der Waals surface area (Å²) in [7, 11) is 0. The molecular weight excluding hydrogens is 205 g/mol. The van der Waals surface area contributed by atoms with Crippen LogP contribution < -0.4 is 10.6 Å². The normalized spacial score (nSPS) is 22.3. The van der Waals surface area contributed by atoms with Crippen molar-refractivity contribution in [3.8, 4) is 0 Å². The van der Waals surface area contributed by atoms with Gasteiger partial charge in [-0.1, -0.05) is 11.6 Å². The molecule has 1 aliphatic heterocycles. The number of pyridine rings is 1. The summed E-state index contributed by atoms with van der Waals surface area (Å²) in [6, 6.07) is 1.59. The number of piperazine rings is 1. The molecule has 0 aromatic carbocycles. The topological polar surface area (TPSA) is 37.0 Å². The summed E-state index contributed by atoms with van der Waals surface area (Å²) in [5.41, 5.74) is 0.532. The molecular formula is C9H11ClFN3. The van der Waals surface area contributed by atoms with Gasteiger partial charge in [-0.3, -0.25) is 0 Å². The van der Waals surface area contributed by atoms with Gasteiger partial charge in [0.2, 0.25) is 5.95 Å². The van der Waals surface area contributed by atoms with Gasteiger partial charge in [0.05, 0.1) is 5.02 Å². The molecule has 2 rings (SSSR count). The molecule has 76 valence electrons. The third kappa shape index (κ3) is 2.03. The molecule has 1 fully saturated rings. The van der Waals surface area contributed by atoms with Crippen LogP contribution in [0.2, 0.25) is 5.02 Å². The highest BCUT2D eigenvalue weighted by molar-refractivity contribution is 6.30. The van der Waals surface area contributed by atoms with Crippen molar-refractivity contribution in [2.75, 3.05) is 19.6 Å². The van der Waals surface area contributed by atoms with Crippen molar-refractivity contribution in [3.63, 3.8) is 0 Å². The van der Waals surface area contributed by atoms with Crippen LogP contribution in [0.25, 0.3) is 0 Å². The van der Waals surface area contributed by atoms with Gasteiger partial charge in [-0.15, -0.1) is 0 Å². The van der Waals surface area contributed by atoms with Crippen molar-refractivity contribution >= 4 is 11.6 Å². The summed E-state index contributed by atoms with van der Waals surface area (Å²) < 4.78 is 13.3. The minimum atomic E-state index is -0.449. The average molecular weight is 216 g/mol. The van der Waals surface area contributed by atoms with Gasteiger partial charge in [-0.2, -0.15) is 4.39 Å². The Balaban J connectivity index is 2.24. The van der Waals surface area contributed by atoms with Gasteiger partial charge >= 0.3 is 0 Å². The van der Waals surface area contributed by atoms with E-state index in [-0.39, 0.29) is 6.04 Å². The van der Waals surface area contributed by atoms with E-state index in [2.05, 4.69) is 15.6 Å². The van der Waals surface area contributed by atoms with Gasteiger partial charge < -0.3 is 10.6 Å². The molecule has 1 unspecified atom stereocenters. The maximum atomic E-state index is 13.3. The fourth-order valence-corrected chi connectivity index (χ4v) is 1.72. The third-order valence-electron chi connectivity index (χ3n) is 2.25. The Morgan fingerprint density at radius 2 is 2.36 bits per heavy atom. The molecule has 0 aliphatic carbocycles. The minimum Gasteiger partial charge on any atom is -0.314 e. The molecule has 0 saturated carbocycles. The SMILES string of the molecule is Fc1ncc(Cl)cc1C1CNCCN1. The summed E-state index contributed by atoms with van der Waals surface area (Å²) in [5.74, 6) is -0.449. The molecule has 0 bridgehead atoms. The first kappa shape index (κ1) is 9.83. The van der Waals surface area contributed by atoms with Crippen LogP contribution in [0.4, 0.5) is 4.39 Å². The summed E-state index contributed by atoms with van der Waals surface area (Å²) in [5, 5.41) is 6.85. The predicted octanol–water partition coefficient (Wildman–Crippen LogP) is 1.11. The lowest BCUT2D eigenvalue weighted by molar-refractivity contribution is 0.411. The first-order valence-electron chi connectivity index (χ1n) is 4.52. The van der Waals surface area contributed by atoms with E-state index in [0.717, 1.165) is 13.1 Å². The van der Waals surface area contributed by atoms with Gasteiger partial charge in [0.1, 0.15) is 0 Å². The van der Waals surface area contributed by atoms with E-state index in [4.69, 9.17) is 11.6 Å². The second kappa shape index (κ2) is 4.21. The lowest BCUT2D eigenvalue weighted by Crippen LogP contribution is -2.43. The summed E-state index contributed by atoms with van der Waals surface area (Å²) in [6.45, 7) is 2.45. The van der Waals surface area contributed by atoms with E-state index < -0.39 is 5.95 Å². The lowest BCUT2D eigenvalue weighted by Gasteiger charge is -2.24. The molecule has 1 aliphatic rings. The molecule has 1 saturated heterocycles. The Morgan fingerprint density at radius 3 is 3.07 bits per heavy atom. The van der Waals surface area contributed by atoms with Gasteiger partial charge in [0.25, 0.3) is 0 Å². The van der Waals surface area contributed by atoms with Gasteiger partial charge in [-0.05, 0) is 6.07 Å². The number of nitrogens with one attached hydrogen (secondary N) is 2. The maximum Gasteiger partial charge on any atom is 0.217 e. The number of nitrogens with zero attached hydrogens (tertiary/aromatic N) is 1. The number of rotatable bonds is 1. The van der Waals surface area contributed by atoms with Crippen LogP contribution >= 0.6 is 11.6 Å². The van der Waals surface area contributed by atoms with Crippen molar-refractivity contribution in [2.45, 2.75) is 6.04 Å². The molecule has 0 radical (unpaired) electrons. The molecule has 3 nitrogen and oxygen atoms in total. The molecule has 1 aromatic heterocycles. The molecule has 1 atom stereocenters. The molecule has 2 N–H and O–H groups in total. The minimum absolute atomic E-state index is 0.0325. The van der Waals surface area contributed by atoms with Crippen molar-refractivity contribution < 1.29 is 4.39 Å². The molecule has 5 heteroatoms. The zero-order valence-corrected chi connectivity index (χ0v) is 8.31. The molecule has 14 heavy (non-hydrogen) atoms. The van der Waals surface area contributed by atoms with Gasteiger partial charge in [0.15, 0.2) is 0 Å². The number of aromatic nitrogens is 1. The van der Waals surface area contributed by atoms with E-state index in [1.54, 1.807) is 6.07 Å². The Morgan fingerprint density at radius 1 is 1.50 bits per heavy atom. The Kier molecular flexibility index (Phi) is 2.96. The van der Waals surface area contributed by atoms with E-state index in [1.807, 2.05) is 0 Å². The largest absolute Gasteiger partial charge is 0.314 e. The average Bonchev–Trinajstić information content (AvgIpc) is 2.23. The van der Waals surface area contributed by atoms with E-state index in [0.29, 0.717) is 17.1 Å². The lowest BCUT2D eigenvalue weighted by atomic mass is 10.1. The van der Waals surface area contributed by atoms with Gasteiger partial charge in [0, 0.05) is 37.4 Å². The smallest absolute Gasteiger partial charge is 0.217 e. The fourth-order valence-electron chi connectivity index (χ4n) is 1.56. The molecule has 0 spiro atoms. The van der Waals surface area contributed by atoms with Crippen molar-refractivity contribution in [2.24, 2.45) is 0 Å². The summed E-state index contributed by atoms with van der Waals surface area (Å²) in [6.07, 6.45) is 1.32. The highest BCUT2D eigenvalue weighted by Crippen LogP contribution is 2.19. The zero-order valence-electron chi connectivity index (χ0n) is 7.56. The molecule has 1 aromatic rings. The quantitative estimate of drug-likeness (QED) is 0.690. The number of halogens is 2. The van der Waals surface area contributed by atoms with Crippen molar-refractivity contribution in [1.29, 1.82) is 0 Å². The van der Waals surface area contributed by atoms with E-state index in [9.17, 15) is 4.39 Å². The Bertz CT molecular complexity index is 326. The number of hydrogen-bond acceptors (Lipinski definition) is 3. The summed E-state index contributed by atoms with van der Waals surface area (Å²) >= 11 is 5.76. The second-order valence-electron chi connectivity index (χ2n) is 3.24. The monoisotopic (exact) mass is 215 g/mol. The first-order chi connectivity index (χ1) is 6.77. The van der Waals surface area contributed by atoms with Gasteiger partial charge in [-0.25, -0.2) is 4.98 Å². The van der Waals surface area contributed by atoms with E-state index in [1.165, 1.54) is 6.20 Å². The second-order valence-corrected chi connectivity index (χ2v) is 3.68. The predicted molar refractivity (Wildman–Crippen MR) is 52.8 cm³/mol. The van der Waals surface area contributed by atoms with Crippen LogP contribution in [-0.2, 0) is 0 Å². The standard InChI is InChI=1S/C9H11ClFN3/c10-6-3-7(9(11)14-4-6)8-5-12-1-2-13-8/h3-4,8,12-13H,1-2,5H2. The highest BCUT2D eigenvalue weighted by atomic mass is 35.5.